The summed E-state index contributed by atoms with van der Waals surface area (Å²) in [6.07, 6.45) is 9.22. The minimum atomic E-state index is -1.06. The van der Waals surface area contributed by atoms with E-state index in [1.807, 2.05) is 48.5 Å². The molecule has 6 heteroatoms. The van der Waals surface area contributed by atoms with Crippen molar-refractivity contribution >= 4 is 11.9 Å². The Labute approximate surface area is 207 Å². The van der Waals surface area contributed by atoms with E-state index in [0.29, 0.717) is 6.42 Å². The monoisotopic (exact) mass is 479 g/mol. The summed E-state index contributed by atoms with van der Waals surface area (Å²) in [6.45, 7) is 1.94. The van der Waals surface area contributed by atoms with Crippen molar-refractivity contribution in [2.45, 2.75) is 76.2 Å². The number of carbonyl (C=O) groups excluding carboxylic acids is 1. The van der Waals surface area contributed by atoms with Gasteiger partial charge in [-0.15, -0.1) is 0 Å². The fourth-order valence-corrected chi connectivity index (χ4v) is 5.87. The molecule has 2 aromatic carbocycles. The average Bonchev–Trinajstić information content (AvgIpc) is 3.48. The van der Waals surface area contributed by atoms with E-state index in [4.69, 9.17) is 15.2 Å². The Bertz CT molecular complexity index is 992. The molecule has 0 bridgehead atoms. The molecule has 1 fully saturated rings. The zero-order chi connectivity index (χ0) is 24.8. The van der Waals surface area contributed by atoms with Gasteiger partial charge < -0.3 is 20.3 Å². The molecule has 2 aromatic rings. The van der Waals surface area contributed by atoms with Gasteiger partial charge in [0.15, 0.2) is 0 Å². The number of aliphatic carboxylic acids is 1. The number of unbranched alkanes of at least 4 members (excludes halogenated alkanes) is 6. The van der Waals surface area contributed by atoms with Crippen LogP contribution in [0.2, 0.25) is 0 Å². The van der Waals surface area contributed by atoms with E-state index in [9.17, 15) is 14.7 Å². The van der Waals surface area contributed by atoms with Gasteiger partial charge in [-0.2, -0.15) is 0 Å². The summed E-state index contributed by atoms with van der Waals surface area (Å²) in [7, 11) is 0. The maximum absolute atomic E-state index is 12.4. The smallest absolute Gasteiger partial charge is 0.320 e. The predicted octanol–water partition coefficient (Wildman–Crippen LogP) is 6.03. The van der Waals surface area contributed by atoms with Crippen LogP contribution in [0.25, 0.3) is 0 Å². The number of fused-ring (bicyclic) bond motifs is 2. The summed E-state index contributed by atoms with van der Waals surface area (Å²) in [5, 5.41) is 10.1. The molecule has 0 radical (unpaired) electrons. The van der Waals surface area contributed by atoms with Crippen molar-refractivity contribution in [1.29, 1.82) is 0 Å². The number of esters is 1. The van der Waals surface area contributed by atoms with Crippen LogP contribution < -0.4 is 10.5 Å². The van der Waals surface area contributed by atoms with E-state index < -0.39 is 23.5 Å². The van der Waals surface area contributed by atoms with Crippen molar-refractivity contribution in [3.63, 3.8) is 0 Å². The molecule has 3 N–H and O–H groups in total. The third kappa shape index (κ3) is 5.37. The van der Waals surface area contributed by atoms with Gasteiger partial charge in [-0.1, -0.05) is 88.3 Å². The normalized spacial score (nSPS) is 22.6. The molecule has 6 nitrogen and oxygen atoms in total. The van der Waals surface area contributed by atoms with Gasteiger partial charge in [0.05, 0.1) is 6.54 Å². The zero-order valence-electron chi connectivity index (χ0n) is 20.6. The molecule has 0 saturated heterocycles. The third-order valence-corrected chi connectivity index (χ3v) is 7.63. The summed E-state index contributed by atoms with van der Waals surface area (Å²) in [6, 6.07) is 15.6. The molecule has 35 heavy (non-hydrogen) atoms. The number of hydrogen-bond acceptors (Lipinski definition) is 5. The van der Waals surface area contributed by atoms with Gasteiger partial charge in [0.1, 0.15) is 23.0 Å². The Balaban J connectivity index is 1.57. The highest BCUT2D eigenvalue weighted by Crippen LogP contribution is 2.62. The van der Waals surface area contributed by atoms with E-state index >= 15 is 0 Å². The Morgan fingerprint density at radius 1 is 0.943 bits per heavy atom. The molecule has 3 unspecified atom stereocenters. The fourth-order valence-electron chi connectivity index (χ4n) is 5.87. The summed E-state index contributed by atoms with van der Waals surface area (Å²) < 4.78 is 12.1. The van der Waals surface area contributed by atoms with Gasteiger partial charge in [-0.3, -0.25) is 9.59 Å². The lowest BCUT2D eigenvalue weighted by Crippen LogP contribution is -2.32. The lowest BCUT2D eigenvalue weighted by molar-refractivity contribution is -0.154. The summed E-state index contributed by atoms with van der Waals surface area (Å²) in [5.41, 5.74) is 6.51. The Hall–Kier alpha value is -2.86. The van der Waals surface area contributed by atoms with Crippen molar-refractivity contribution in [3.8, 4) is 11.5 Å². The average molecular weight is 480 g/mol. The van der Waals surface area contributed by atoms with Gasteiger partial charge in [0, 0.05) is 23.0 Å². The van der Waals surface area contributed by atoms with Crippen LogP contribution >= 0.6 is 0 Å². The lowest BCUT2D eigenvalue weighted by atomic mass is 9.82. The highest BCUT2D eigenvalue weighted by molar-refractivity contribution is 5.80. The van der Waals surface area contributed by atoms with Crippen LogP contribution in [-0.2, 0) is 14.3 Å². The van der Waals surface area contributed by atoms with Gasteiger partial charge in [-0.25, -0.2) is 0 Å². The first-order valence-corrected chi connectivity index (χ1v) is 13.0. The van der Waals surface area contributed by atoms with E-state index in [1.165, 1.54) is 25.7 Å². The minimum Gasteiger partial charge on any atom is -0.481 e. The lowest BCUT2D eigenvalue weighted by Gasteiger charge is -2.31. The van der Waals surface area contributed by atoms with Gasteiger partial charge in [0.2, 0.25) is 0 Å². The van der Waals surface area contributed by atoms with Crippen molar-refractivity contribution in [1.82, 2.24) is 0 Å². The second-order valence-corrected chi connectivity index (χ2v) is 9.90. The molecular weight excluding hydrogens is 442 g/mol. The van der Waals surface area contributed by atoms with Crippen LogP contribution in [0.1, 0.15) is 81.8 Å². The largest absolute Gasteiger partial charge is 0.481 e. The molecule has 0 amide bonds. The standard InChI is InChI=1S/C29H37NO5/c1-2-3-4-5-6-7-8-15-23-27(28(32)33)29(23,35-26(31)19-30)18-22-20-13-9-11-16-24(20)34-25-17-12-10-14-21(22)25/h9-14,16-17,22-23,27H,2-8,15,18-19,30H2,1H3,(H,32,33). The van der Waals surface area contributed by atoms with Crippen LogP contribution in [-0.4, -0.2) is 29.2 Å². The number of ether oxygens (including phenoxy) is 2. The number of carboxylic acid groups (broad SMARTS) is 1. The predicted molar refractivity (Wildman–Crippen MR) is 135 cm³/mol. The molecule has 1 aliphatic heterocycles. The first-order chi connectivity index (χ1) is 17.0. The van der Waals surface area contributed by atoms with Crippen LogP contribution in [0, 0.1) is 11.8 Å². The van der Waals surface area contributed by atoms with E-state index in [2.05, 4.69) is 6.92 Å². The second kappa shape index (κ2) is 11.3. The van der Waals surface area contributed by atoms with Gasteiger partial charge >= 0.3 is 11.9 Å². The summed E-state index contributed by atoms with van der Waals surface area (Å²) >= 11 is 0. The highest BCUT2D eigenvalue weighted by atomic mass is 16.6. The van der Waals surface area contributed by atoms with E-state index in [1.54, 1.807) is 0 Å². The maximum atomic E-state index is 12.4. The van der Waals surface area contributed by atoms with Gasteiger partial charge in [0.25, 0.3) is 0 Å². The van der Waals surface area contributed by atoms with Crippen LogP contribution in [0.3, 0.4) is 0 Å². The molecule has 0 aromatic heterocycles. The van der Waals surface area contributed by atoms with Crippen LogP contribution in [0.15, 0.2) is 48.5 Å². The molecule has 0 spiro atoms. The quantitative estimate of drug-likeness (QED) is 0.269. The maximum Gasteiger partial charge on any atom is 0.320 e. The Kier molecular flexibility index (Phi) is 8.11. The number of para-hydroxylation sites is 2. The van der Waals surface area contributed by atoms with Crippen molar-refractivity contribution in [2.24, 2.45) is 17.6 Å². The number of hydrogen-bond donors (Lipinski definition) is 2. The second-order valence-electron chi connectivity index (χ2n) is 9.90. The van der Waals surface area contributed by atoms with Crippen molar-refractivity contribution in [2.75, 3.05) is 6.54 Å². The molecule has 2 aliphatic rings. The fraction of sp³-hybridized carbons (Fsp3) is 0.517. The number of carbonyl (C=O) groups is 2. The van der Waals surface area contributed by atoms with Gasteiger partial charge in [-0.05, 0) is 25.0 Å². The zero-order valence-corrected chi connectivity index (χ0v) is 20.6. The summed E-state index contributed by atoms with van der Waals surface area (Å²) in [4.78, 5) is 24.8. The van der Waals surface area contributed by atoms with Crippen molar-refractivity contribution in [3.05, 3.63) is 59.7 Å². The molecule has 188 valence electrons. The highest BCUT2D eigenvalue weighted by Gasteiger charge is 2.71. The molecule has 1 saturated carbocycles. The van der Waals surface area contributed by atoms with Crippen LogP contribution in [0.4, 0.5) is 0 Å². The van der Waals surface area contributed by atoms with E-state index in [0.717, 1.165) is 48.3 Å². The molecule has 3 atom stereocenters. The topological polar surface area (TPSA) is 98.9 Å². The first-order valence-electron chi connectivity index (χ1n) is 13.0. The Morgan fingerprint density at radius 2 is 1.51 bits per heavy atom. The minimum absolute atomic E-state index is 0.136. The number of benzene rings is 2. The third-order valence-electron chi connectivity index (χ3n) is 7.63. The first kappa shape index (κ1) is 25.2. The summed E-state index contributed by atoms with van der Waals surface area (Å²) in [5.74, 6) is -1.01. The molecule has 4 rings (SSSR count). The molecular formula is C29H37NO5. The number of rotatable bonds is 13. The van der Waals surface area contributed by atoms with Crippen molar-refractivity contribution < 1.29 is 24.2 Å². The number of nitrogens with two attached hydrogens (primary N) is 1. The molecule has 1 aliphatic carbocycles. The Morgan fingerprint density at radius 3 is 2.09 bits per heavy atom. The SMILES string of the molecule is CCCCCCCCCC1C(C(=O)O)C1(CC1c2ccccc2Oc2ccccc21)OC(=O)CN. The van der Waals surface area contributed by atoms with Crippen LogP contribution in [0.5, 0.6) is 11.5 Å². The molecule has 1 heterocycles. The number of carboxylic acids is 1. The van der Waals surface area contributed by atoms with E-state index in [-0.39, 0.29) is 18.4 Å².